The Bertz CT molecular complexity index is 298. The van der Waals surface area contributed by atoms with Crippen LogP contribution in [0.15, 0.2) is 24.5 Å². The molecule has 68 valence electrons. The molecule has 0 atom stereocenters. The van der Waals surface area contributed by atoms with Crippen molar-refractivity contribution in [3.05, 3.63) is 24.5 Å². The number of hydrogen-bond donors (Lipinski definition) is 1. The average Bonchev–Trinajstić information content (AvgIpc) is 2.17. The Morgan fingerprint density at radius 3 is 2.92 bits per heavy atom. The van der Waals surface area contributed by atoms with Gasteiger partial charge in [0.1, 0.15) is 0 Å². The molecule has 1 N–H and O–H groups in total. The van der Waals surface area contributed by atoms with Gasteiger partial charge in [0.05, 0.1) is 17.2 Å². The third-order valence-electron chi connectivity index (χ3n) is 1.70. The van der Waals surface area contributed by atoms with Gasteiger partial charge in [0.25, 0.3) is 0 Å². The van der Waals surface area contributed by atoms with Gasteiger partial charge in [-0.25, -0.2) is 0 Å². The summed E-state index contributed by atoms with van der Waals surface area (Å²) in [5, 5.41) is 11.9. The molecule has 13 heavy (non-hydrogen) atoms. The van der Waals surface area contributed by atoms with E-state index in [4.69, 9.17) is 5.26 Å². The zero-order valence-electron chi connectivity index (χ0n) is 7.91. The summed E-state index contributed by atoms with van der Waals surface area (Å²) in [7, 11) is 0. The SMILES string of the molecule is CC(C)(C#N)CNc1cccnc1. The highest BCUT2D eigenvalue weighted by Crippen LogP contribution is 2.14. The van der Waals surface area contributed by atoms with Gasteiger partial charge in [0.2, 0.25) is 0 Å². The first-order valence-corrected chi connectivity index (χ1v) is 4.19. The molecule has 0 radical (unpaired) electrons. The molecule has 0 aliphatic carbocycles. The predicted molar refractivity (Wildman–Crippen MR) is 52.1 cm³/mol. The topological polar surface area (TPSA) is 48.7 Å². The molecular weight excluding hydrogens is 162 g/mol. The van der Waals surface area contributed by atoms with Crippen LogP contribution in [0.3, 0.4) is 0 Å². The smallest absolute Gasteiger partial charge is 0.0702 e. The maximum absolute atomic E-state index is 8.77. The first-order valence-electron chi connectivity index (χ1n) is 4.19. The standard InChI is InChI=1S/C10H13N3/c1-10(2,7-11)8-13-9-4-3-5-12-6-9/h3-6,13H,8H2,1-2H3. The van der Waals surface area contributed by atoms with Crippen LogP contribution in [0.5, 0.6) is 0 Å². The number of aromatic nitrogens is 1. The molecule has 0 aromatic carbocycles. The summed E-state index contributed by atoms with van der Waals surface area (Å²) in [4.78, 5) is 3.97. The second-order valence-corrected chi connectivity index (χ2v) is 3.59. The largest absolute Gasteiger partial charge is 0.382 e. The van der Waals surface area contributed by atoms with Crippen molar-refractivity contribution in [1.82, 2.24) is 4.98 Å². The lowest BCUT2D eigenvalue weighted by Crippen LogP contribution is -2.20. The monoisotopic (exact) mass is 175 g/mol. The fraction of sp³-hybridized carbons (Fsp3) is 0.400. The molecule has 3 nitrogen and oxygen atoms in total. The van der Waals surface area contributed by atoms with Crippen LogP contribution in [0.1, 0.15) is 13.8 Å². The molecule has 1 aromatic rings. The minimum Gasteiger partial charge on any atom is -0.382 e. The Labute approximate surface area is 78.4 Å². The van der Waals surface area contributed by atoms with E-state index in [0.29, 0.717) is 6.54 Å². The number of hydrogen-bond acceptors (Lipinski definition) is 3. The molecule has 0 unspecified atom stereocenters. The summed E-state index contributed by atoms with van der Waals surface area (Å²) in [6.45, 7) is 4.43. The summed E-state index contributed by atoms with van der Waals surface area (Å²) in [5.41, 5.74) is 0.612. The maximum atomic E-state index is 8.77. The van der Waals surface area contributed by atoms with Crippen molar-refractivity contribution in [3.63, 3.8) is 0 Å². The highest BCUT2D eigenvalue weighted by atomic mass is 14.9. The molecule has 1 aromatic heterocycles. The summed E-state index contributed by atoms with van der Waals surface area (Å²) in [6, 6.07) is 6.02. The molecule has 0 saturated heterocycles. The van der Waals surface area contributed by atoms with E-state index in [2.05, 4.69) is 16.4 Å². The van der Waals surface area contributed by atoms with Crippen LogP contribution in [0, 0.1) is 16.7 Å². The van der Waals surface area contributed by atoms with Crippen molar-refractivity contribution in [1.29, 1.82) is 5.26 Å². The van der Waals surface area contributed by atoms with Crippen LogP contribution in [-0.2, 0) is 0 Å². The summed E-state index contributed by atoms with van der Waals surface area (Å²) in [5.74, 6) is 0. The van der Waals surface area contributed by atoms with E-state index in [1.165, 1.54) is 0 Å². The second-order valence-electron chi connectivity index (χ2n) is 3.59. The molecule has 0 aliphatic rings. The zero-order chi connectivity index (χ0) is 9.73. The van der Waals surface area contributed by atoms with Crippen LogP contribution in [-0.4, -0.2) is 11.5 Å². The summed E-state index contributed by atoms with van der Waals surface area (Å²) < 4.78 is 0. The Hall–Kier alpha value is -1.56. The van der Waals surface area contributed by atoms with Crippen LogP contribution in [0.2, 0.25) is 0 Å². The minimum atomic E-state index is -0.337. The highest BCUT2D eigenvalue weighted by Gasteiger charge is 2.15. The second kappa shape index (κ2) is 3.90. The van der Waals surface area contributed by atoms with E-state index in [1.54, 1.807) is 12.4 Å². The lowest BCUT2D eigenvalue weighted by molar-refractivity contribution is 0.529. The quantitative estimate of drug-likeness (QED) is 0.764. The number of nitrogens with one attached hydrogen (secondary N) is 1. The van der Waals surface area contributed by atoms with Crippen LogP contribution >= 0.6 is 0 Å². The molecule has 0 fully saturated rings. The normalized spacial score (nSPS) is 10.5. The highest BCUT2D eigenvalue weighted by molar-refractivity contribution is 5.40. The molecular formula is C10H13N3. The number of nitriles is 1. The van der Waals surface area contributed by atoms with E-state index in [1.807, 2.05) is 26.0 Å². The minimum absolute atomic E-state index is 0.337. The van der Waals surface area contributed by atoms with Gasteiger partial charge < -0.3 is 5.32 Å². The first-order chi connectivity index (χ1) is 6.14. The third-order valence-corrected chi connectivity index (χ3v) is 1.70. The van der Waals surface area contributed by atoms with Gasteiger partial charge in [-0.05, 0) is 26.0 Å². The maximum Gasteiger partial charge on any atom is 0.0702 e. The molecule has 3 heteroatoms. The first kappa shape index (κ1) is 9.53. The molecule has 0 aliphatic heterocycles. The summed E-state index contributed by atoms with van der Waals surface area (Å²) >= 11 is 0. The average molecular weight is 175 g/mol. The van der Waals surface area contributed by atoms with Crippen molar-refractivity contribution < 1.29 is 0 Å². The zero-order valence-corrected chi connectivity index (χ0v) is 7.91. The molecule has 0 saturated carbocycles. The van der Waals surface area contributed by atoms with Crippen molar-refractivity contribution in [2.75, 3.05) is 11.9 Å². The lowest BCUT2D eigenvalue weighted by Gasteiger charge is -2.16. The molecule has 0 amide bonds. The van der Waals surface area contributed by atoms with E-state index in [9.17, 15) is 0 Å². The van der Waals surface area contributed by atoms with Gasteiger partial charge >= 0.3 is 0 Å². The molecule has 1 heterocycles. The van der Waals surface area contributed by atoms with Crippen molar-refractivity contribution in [3.8, 4) is 6.07 Å². The van der Waals surface area contributed by atoms with Gasteiger partial charge in [0, 0.05) is 18.9 Å². The van der Waals surface area contributed by atoms with E-state index < -0.39 is 0 Å². The van der Waals surface area contributed by atoms with Gasteiger partial charge in [0.15, 0.2) is 0 Å². The third kappa shape index (κ3) is 3.12. The Kier molecular flexibility index (Phi) is 2.86. The van der Waals surface area contributed by atoms with Gasteiger partial charge in [-0.1, -0.05) is 0 Å². The van der Waals surface area contributed by atoms with Crippen molar-refractivity contribution >= 4 is 5.69 Å². The van der Waals surface area contributed by atoms with Crippen molar-refractivity contribution in [2.45, 2.75) is 13.8 Å². The molecule has 0 spiro atoms. The lowest BCUT2D eigenvalue weighted by atomic mass is 9.96. The number of rotatable bonds is 3. The fourth-order valence-corrected chi connectivity index (χ4v) is 0.830. The van der Waals surface area contributed by atoms with Crippen LogP contribution in [0.25, 0.3) is 0 Å². The number of nitrogens with zero attached hydrogens (tertiary/aromatic N) is 2. The predicted octanol–water partition coefficient (Wildman–Crippen LogP) is 2.04. The van der Waals surface area contributed by atoms with E-state index in [-0.39, 0.29) is 5.41 Å². The Morgan fingerprint density at radius 2 is 2.38 bits per heavy atom. The van der Waals surface area contributed by atoms with Crippen LogP contribution in [0.4, 0.5) is 5.69 Å². The van der Waals surface area contributed by atoms with Gasteiger partial charge in [-0.3, -0.25) is 4.98 Å². The Morgan fingerprint density at radius 1 is 1.62 bits per heavy atom. The Balaban J connectivity index is 2.50. The van der Waals surface area contributed by atoms with Crippen LogP contribution < -0.4 is 5.32 Å². The van der Waals surface area contributed by atoms with E-state index >= 15 is 0 Å². The summed E-state index contributed by atoms with van der Waals surface area (Å²) in [6.07, 6.45) is 3.47. The number of pyridine rings is 1. The fourth-order valence-electron chi connectivity index (χ4n) is 0.830. The molecule has 1 rings (SSSR count). The van der Waals surface area contributed by atoms with Crippen molar-refractivity contribution in [2.24, 2.45) is 5.41 Å². The van der Waals surface area contributed by atoms with Gasteiger partial charge in [-0.15, -0.1) is 0 Å². The van der Waals surface area contributed by atoms with Gasteiger partial charge in [-0.2, -0.15) is 5.26 Å². The molecule has 0 bridgehead atoms. The van der Waals surface area contributed by atoms with E-state index in [0.717, 1.165) is 5.69 Å². The number of anilines is 1.